The van der Waals surface area contributed by atoms with E-state index in [9.17, 15) is 0 Å². The van der Waals surface area contributed by atoms with Crippen molar-refractivity contribution >= 4 is 11.6 Å². The summed E-state index contributed by atoms with van der Waals surface area (Å²) in [6, 6.07) is 7.72. The Balaban J connectivity index is 1.48. The maximum absolute atomic E-state index is 6.00. The van der Waals surface area contributed by atoms with Crippen LogP contribution in [0.4, 0.5) is 0 Å². The second-order valence-corrected chi connectivity index (χ2v) is 6.50. The molecule has 0 amide bonds. The van der Waals surface area contributed by atoms with Crippen LogP contribution >= 0.6 is 11.6 Å². The van der Waals surface area contributed by atoms with Crippen LogP contribution in [-0.2, 0) is 9.47 Å². The van der Waals surface area contributed by atoms with Crippen LogP contribution in [0.5, 0.6) is 0 Å². The van der Waals surface area contributed by atoms with Crippen molar-refractivity contribution in [2.24, 2.45) is 17.3 Å². The standard InChI is InChI=1S/C16H17ClO2/c17-14-5-2-12(3-6-14)15-18-9-16(10-19-15)8-11-1-4-13(16)7-11/h1-6,11,13,15H,7-10H2/t11-,13+,15?,16?/m0/s1. The van der Waals surface area contributed by atoms with Crippen LogP contribution in [0, 0.1) is 17.3 Å². The summed E-state index contributed by atoms with van der Waals surface area (Å²) in [6.45, 7) is 1.62. The van der Waals surface area contributed by atoms with Crippen molar-refractivity contribution in [2.45, 2.75) is 19.1 Å². The molecular formula is C16H17ClO2. The smallest absolute Gasteiger partial charge is 0.183 e. The minimum Gasteiger partial charge on any atom is -0.348 e. The van der Waals surface area contributed by atoms with Crippen LogP contribution in [0.1, 0.15) is 24.7 Å². The van der Waals surface area contributed by atoms with E-state index in [1.54, 1.807) is 0 Å². The van der Waals surface area contributed by atoms with Gasteiger partial charge in [-0.3, -0.25) is 0 Å². The maximum atomic E-state index is 6.00. The maximum Gasteiger partial charge on any atom is 0.183 e. The summed E-state index contributed by atoms with van der Waals surface area (Å²) in [4.78, 5) is 0. The van der Waals surface area contributed by atoms with Gasteiger partial charge in [-0.1, -0.05) is 35.9 Å². The zero-order valence-corrected chi connectivity index (χ0v) is 11.5. The Morgan fingerprint density at radius 3 is 2.37 bits per heavy atom. The van der Waals surface area contributed by atoms with Gasteiger partial charge in [-0.05, 0) is 36.8 Å². The topological polar surface area (TPSA) is 18.5 Å². The van der Waals surface area contributed by atoms with Gasteiger partial charge in [0.2, 0.25) is 0 Å². The molecular weight excluding hydrogens is 260 g/mol. The lowest BCUT2D eigenvalue weighted by molar-refractivity contribution is -0.239. The van der Waals surface area contributed by atoms with Gasteiger partial charge in [-0.15, -0.1) is 0 Å². The number of benzene rings is 1. The highest BCUT2D eigenvalue weighted by molar-refractivity contribution is 6.30. The molecule has 0 radical (unpaired) electrons. The Hall–Kier alpha value is -0.830. The van der Waals surface area contributed by atoms with Gasteiger partial charge in [0.25, 0.3) is 0 Å². The highest BCUT2D eigenvalue weighted by Gasteiger charge is 2.51. The van der Waals surface area contributed by atoms with Gasteiger partial charge in [0.05, 0.1) is 13.2 Å². The SMILES string of the molecule is Clc1ccc(C2OCC3(CO2)C[C@H]2C=C[C@@H]3C2)cc1. The molecule has 2 fully saturated rings. The van der Waals surface area contributed by atoms with Crippen molar-refractivity contribution in [1.29, 1.82) is 0 Å². The quantitative estimate of drug-likeness (QED) is 0.723. The predicted molar refractivity (Wildman–Crippen MR) is 73.9 cm³/mol. The van der Waals surface area contributed by atoms with E-state index in [1.807, 2.05) is 24.3 Å². The summed E-state index contributed by atoms with van der Waals surface area (Å²) in [5.74, 6) is 1.41. The lowest BCUT2D eigenvalue weighted by atomic mass is 9.76. The zero-order chi connectivity index (χ0) is 12.9. The predicted octanol–water partition coefficient (Wildman–Crippen LogP) is 3.97. The van der Waals surface area contributed by atoms with Crippen molar-refractivity contribution in [1.82, 2.24) is 0 Å². The number of fused-ring (bicyclic) bond motifs is 3. The van der Waals surface area contributed by atoms with Gasteiger partial charge in [0.15, 0.2) is 6.29 Å². The highest BCUT2D eigenvalue weighted by Crippen LogP contribution is 2.54. The second-order valence-electron chi connectivity index (χ2n) is 6.06. The van der Waals surface area contributed by atoms with Gasteiger partial charge in [-0.25, -0.2) is 0 Å². The third-order valence-corrected chi connectivity index (χ3v) is 5.07. The minimum atomic E-state index is -0.231. The Morgan fingerprint density at radius 2 is 1.79 bits per heavy atom. The third-order valence-electron chi connectivity index (χ3n) is 4.81. The van der Waals surface area contributed by atoms with Gasteiger partial charge < -0.3 is 9.47 Å². The Labute approximate surface area is 118 Å². The Bertz CT molecular complexity index is 500. The van der Waals surface area contributed by atoms with Crippen LogP contribution in [0.3, 0.4) is 0 Å². The molecule has 100 valence electrons. The summed E-state index contributed by atoms with van der Waals surface area (Å²) in [5.41, 5.74) is 1.29. The molecule has 2 bridgehead atoms. The fourth-order valence-corrected chi connectivity index (χ4v) is 3.90. The van der Waals surface area contributed by atoms with Crippen molar-refractivity contribution in [3.8, 4) is 0 Å². The molecule has 1 saturated heterocycles. The van der Waals surface area contributed by atoms with Crippen LogP contribution in [0.2, 0.25) is 5.02 Å². The minimum absolute atomic E-state index is 0.231. The van der Waals surface area contributed by atoms with E-state index >= 15 is 0 Å². The first-order valence-corrected chi connectivity index (χ1v) is 7.30. The van der Waals surface area contributed by atoms with Crippen LogP contribution in [0.25, 0.3) is 0 Å². The molecule has 3 aliphatic rings. The highest BCUT2D eigenvalue weighted by atomic mass is 35.5. The van der Waals surface area contributed by atoms with E-state index in [1.165, 1.54) is 12.8 Å². The number of rotatable bonds is 1. The number of hydrogen-bond donors (Lipinski definition) is 0. The molecule has 2 atom stereocenters. The average Bonchev–Trinajstić information content (AvgIpc) is 3.02. The fourth-order valence-electron chi connectivity index (χ4n) is 3.77. The number of halogens is 1. The summed E-state index contributed by atoms with van der Waals surface area (Å²) < 4.78 is 12.0. The van der Waals surface area contributed by atoms with E-state index in [0.717, 1.165) is 29.7 Å². The Morgan fingerprint density at radius 1 is 1.05 bits per heavy atom. The Kier molecular flexibility index (Phi) is 2.73. The monoisotopic (exact) mass is 276 g/mol. The number of ether oxygens (including phenoxy) is 2. The first-order chi connectivity index (χ1) is 9.25. The first-order valence-electron chi connectivity index (χ1n) is 6.92. The van der Waals surface area contributed by atoms with Gasteiger partial charge >= 0.3 is 0 Å². The second kappa shape index (κ2) is 4.34. The van der Waals surface area contributed by atoms with Crippen molar-refractivity contribution in [2.75, 3.05) is 13.2 Å². The lowest BCUT2D eigenvalue weighted by Gasteiger charge is -2.41. The van der Waals surface area contributed by atoms with Crippen LogP contribution < -0.4 is 0 Å². The number of allylic oxidation sites excluding steroid dienone is 2. The molecule has 1 saturated carbocycles. The van der Waals surface area contributed by atoms with E-state index in [0.29, 0.717) is 5.92 Å². The summed E-state index contributed by atoms with van der Waals surface area (Å²) >= 11 is 5.90. The average molecular weight is 277 g/mol. The van der Waals surface area contributed by atoms with Gasteiger partial charge in [0.1, 0.15) is 0 Å². The number of hydrogen-bond acceptors (Lipinski definition) is 2. The molecule has 1 heterocycles. The summed E-state index contributed by atoms with van der Waals surface area (Å²) in [7, 11) is 0. The third kappa shape index (κ3) is 1.94. The molecule has 19 heavy (non-hydrogen) atoms. The molecule has 0 aromatic heterocycles. The molecule has 2 nitrogen and oxygen atoms in total. The first kappa shape index (κ1) is 12.0. The normalized spacial score (nSPS) is 40.2. The fraction of sp³-hybridized carbons (Fsp3) is 0.500. The van der Waals surface area contributed by atoms with Crippen molar-refractivity contribution in [3.05, 3.63) is 47.0 Å². The van der Waals surface area contributed by atoms with E-state index < -0.39 is 0 Å². The molecule has 0 unspecified atom stereocenters. The summed E-state index contributed by atoms with van der Waals surface area (Å²) in [6.07, 6.45) is 7.01. The van der Waals surface area contributed by atoms with E-state index in [2.05, 4.69) is 12.2 Å². The van der Waals surface area contributed by atoms with Gasteiger partial charge in [-0.2, -0.15) is 0 Å². The van der Waals surface area contributed by atoms with Crippen molar-refractivity contribution < 1.29 is 9.47 Å². The van der Waals surface area contributed by atoms with E-state index in [-0.39, 0.29) is 11.7 Å². The van der Waals surface area contributed by atoms with Crippen LogP contribution in [-0.4, -0.2) is 13.2 Å². The van der Waals surface area contributed by atoms with E-state index in [4.69, 9.17) is 21.1 Å². The molecule has 1 aromatic rings. The molecule has 2 aliphatic carbocycles. The molecule has 3 heteroatoms. The molecule has 1 aliphatic heterocycles. The molecule has 4 rings (SSSR count). The lowest BCUT2D eigenvalue weighted by Crippen LogP contribution is -2.41. The molecule has 0 N–H and O–H groups in total. The van der Waals surface area contributed by atoms with Crippen LogP contribution in [0.15, 0.2) is 36.4 Å². The molecule has 1 spiro atoms. The van der Waals surface area contributed by atoms with Crippen molar-refractivity contribution in [3.63, 3.8) is 0 Å². The largest absolute Gasteiger partial charge is 0.348 e. The molecule has 1 aromatic carbocycles. The van der Waals surface area contributed by atoms with Gasteiger partial charge in [0, 0.05) is 16.0 Å². The summed E-state index contributed by atoms with van der Waals surface area (Å²) in [5, 5.41) is 0.745. The zero-order valence-electron chi connectivity index (χ0n) is 10.7.